The van der Waals surface area contributed by atoms with E-state index in [9.17, 15) is 4.79 Å². The minimum absolute atomic E-state index is 0.189. The Kier molecular flexibility index (Phi) is 3.69. The average Bonchev–Trinajstić information content (AvgIpc) is 2.57. The van der Waals surface area contributed by atoms with Gasteiger partial charge >= 0.3 is 5.97 Å². The van der Waals surface area contributed by atoms with Crippen molar-refractivity contribution in [1.82, 2.24) is 9.97 Å². The van der Waals surface area contributed by atoms with Crippen LogP contribution in [0.15, 0.2) is 73.2 Å². The Bertz CT molecular complexity index is 726. The van der Waals surface area contributed by atoms with Gasteiger partial charge in [0.25, 0.3) is 0 Å². The summed E-state index contributed by atoms with van der Waals surface area (Å²) in [5, 5.41) is 0. The zero-order valence-corrected chi connectivity index (χ0v) is 11.1. The van der Waals surface area contributed by atoms with Gasteiger partial charge in [-0.25, -0.2) is 9.78 Å². The molecule has 2 aromatic carbocycles. The number of benzene rings is 2. The highest BCUT2D eigenvalue weighted by Crippen LogP contribution is 2.19. The van der Waals surface area contributed by atoms with Crippen molar-refractivity contribution in [3.63, 3.8) is 0 Å². The molecule has 102 valence electrons. The molecule has 0 saturated heterocycles. The van der Waals surface area contributed by atoms with Gasteiger partial charge in [-0.3, -0.25) is 4.98 Å². The lowest BCUT2D eigenvalue weighted by Gasteiger charge is -2.04. The number of aromatic nitrogens is 2. The van der Waals surface area contributed by atoms with Crippen LogP contribution in [0.3, 0.4) is 0 Å². The molecular formula is C17H12N2O2. The van der Waals surface area contributed by atoms with E-state index in [4.69, 9.17) is 4.74 Å². The Morgan fingerprint density at radius 1 is 0.857 bits per heavy atom. The number of hydrogen-bond acceptors (Lipinski definition) is 4. The molecule has 4 nitrogen and oxygen atoms in total. The van der Waals surface area contributed by atoms with Gasteiger partial charge < -0.3 is 4.74 Å². The molecule has 0 N–H and O–H groups in total. The first-order chi connectivity index (χ1) is 10.3. The maximum absolute atomic E-state index is 12.0. The number of esters is 1. The summed E-state index contributed by atoms with van der Waals surface area (Å²) in [4.78, 5) is 19.7. The van der Waals surface area contributed by atoms with Crippen molar-refractivity contribution in [2.24, 2.45) is 0 Å². The summed E-state index contributed by atoms with van der Waals surface area (Å²) in [6, 6.07) is 17.2. The fourth-order valence-electron chi connectivity index (χ4n) is 1.92. The summed E-state index contributed by atoms with van der Waals surface area (Å²) in [6.45, 7) is 0. The Balaban J connectivity index is 1.77. The number of carbonyl (C=O) groups excluding carboxylic acids is 1. The van der Waals surface area contributed by atoms with Crippen LogP contribution in [0, 0.1) is 0 Å². The molecule has 0 aliphatic rings. The lowest BCUT2D eigenvalue weighted by Crippen LogP contribution is -2.09. The van der Waals surface area contributed by atoms with E-state index in [2.05, 4.69) is 9.97 Å². The average molecular weight is 276 g/mol. The van der Waals surface area contributed by atoms with E-state index in [1.807, 2.05) is 42.5 Å². The van der Waals surface area contributed by atoms with Crippen LogP contribution < -0.4 is 4.74 Å². The molecule has 3 aromatic rings. The zero-order valence-electron chi connectivity index (χ0n) is 11.1. The molecule has 0 saturated carbocycles. The molecule has 0 fully saturated rings. The summed E-state index contributed by atoms with van der Waals surface area (Å²) < 4.78 is 5.13. The Labute approximate surface area is 122 Å². The van der Waals surface area contributed by atoms with Gasteiger partial charge in [-0.2, -0.15) is 0 Å². The van der Waals surface area contributed by atoms with Crippen molar-refractivity contribution in [1.29, 1.82) is 0 Å². The predicted octanol–water partition coefficient (Wildman–Crippen LogP) is 3.36. The van der Waals surface area contributed by atoms with Crippen molar-refractivity contribution >= 4 is 5.97 Å². The molecule has 0 spiro atoms. The molecule has 4 heteroatoms. The largest absolute Gasteiger partial charge is 0.402 e. The molecule has 0 bridgehead atoms. The number of hydrogen-bond donors (Lipinski definition) is 0. The van der Waals surface area contributed by atoms with Gasteiger partial charge in [0.15, 0.2) is 0 Å². The van der Waals surface area contributed by atoms with E-state index in [0.29, 0.717) is 5.56 Å². The van der Waals surface area contributed by atoms with E-state index in [0.717, 1.165) is 11.1 Å². The fourth-order valence-corrected chi connectivity index (χ4v) is 1.92. The third-order valence-corrected chi connectivity index (χ3v) is 2.96. The summed E-state index contributed by atoms with van der Waals surface area (Å²) in [5.41, 5.74) is 2.62. The number of carbonyl (C=O) groups is 1. The third-order valence-electron chi connectivity index (χ3n) is 2.96. The van der Waals surface area contributed by atoms with Crippen molar-refractivity contribution < 1.29 is 9.53 Å². The lowest BCUT2D eigenvalue weighted by molar-refractivity contribution is 0.0727. The number of ether oxygens (including phenoxy) is 1. The van der Waals surface area contributed by atoms with Crippen LogP contribution in [0.2, 0.25) is 0 Å². The number of rotatable bonds is 3. The van der Waals surface area contributed by atoms with Gasteiger partial charge in [0, 0.05) is 12.4 Å². The van der Waals surface area contributed by atoms with Crippen LogP contribution in [0.25, 0.3) is 11.1 Å². The fraction of sp³-hybridized carbons (Fsp3) is 0. The smallest absolute Gasteiger partial charge is 0.344 e. The highest BCUT2D eigenvalue weighted by Gasteiger charge is 2.09. The first-order valence-electron chi connectivity index (χ1n) is 6.46. The lowest BCUT2D eigenvalue weighted by atomic mass is 10.0. The maximum Gasteiger partial charge on any atom is 0.344 e. The molecule has 0 amide bonds. The van der Waals surface area contributed by atoms with Crippen molar-refractivity contribution in [2.45, 2.75) is 0 Å². The minimum atomic E-state index is -0.449. The van der Waals surface area contributed by atoms with Gasteiger partial charge in [0.2, 0.25) is 5.88 Å². The molecule has 0 atom stereocenters. The summed E-state index contributed by atoms with van der Waals surface area (Å²) >= 11 is 0. The molecule has 0 unspecified atom stereocenters. The Hall–Kier alpha value is -3.01. The molecule has 21 heavy (non-hydrogen) atoms. The molecule has 0 radical (unpaired) electrons. The Morgan fingerprint density at radius 2 is 1.57 bits per heavy atom. The summed E-state index contributed by atoms with van der Waals surface area (Å²) in [6.07, 6.45) is 4.39. The molecular weight excluding hydrogens is 264 g/mol. The van der Waals surface area contributed by atoms with Gasteiger partial charge in [0.1, 0.15) is 0 Å². The van der Waals surface area contributed by atoms with Gasteiger partial charge in [-0.15, -0.1) is 0 Å². The highest BCUT2D eigenvalue weighted by atomic mass is 16.5. The quantitative estimate of drug-likeness (QED) is 0.688. The zero-order chi connectivity index (χ0) is 14.5. The third kappa shape index (κ3) is 3.12. The first-order valence-corrected chi connectivity index (χ1v) is 6.46. The normalized spacial score (nSPS) is 10.1. The molecule has 1 heterocycles. The topological polar surface area (TPSA) is 52.1 Å². The summed E-state index contributed by atoms with van der Waals surface area (Å²) in [5.74, 6) is -0.259. The van der Waals surface area contributed by atoms with Crippen LogP contribution in [0.5, 0.6) is 5.88 Å². The maximum atomic E-state index is 12.0. The van der Waals surface area contributed by atoms with Crippen molar-refractivity contribution in [3.05, 3.63) is 78.8 Å². The van der Waals surface area contributed by atoms with Crippen LogP contribution in [0.1, 0.15) is 10.4 Å². The van der Waals surface area contributed by atoms with Crippen LogP contribution in [-0.4, -0.2) is 15.9 Å². The molecule has 3 rings (SSSR count). The van der Waals surface area contributed by atoms with E-state index in [1.54, 1.807) is 12.1 Å². The van der Waals surface area contributed by atoms with Crippen molar-refractivity contribution in [2.75, 3.05) is 0 Å². The van der Waals surface area contributed by atoms with Gasteiger partial charge in [0.05, 0.1) is 11.8 Å². The second-order valence-electron chi connectivity index (χ2n) is 4.38. The second kappa shape index (κ2) is 5.96. The van der Waals surface area contributed by atoms with E-state index in [-0.39, 0.29) is 5.88 Å². The highest BCUT2D eigenvalue weighted by molar-refractivity contribution is 5.91. The minimum Gasteiger partial charge on any atom is -0.402 e. The predicted molar refractivity (Wildman–Crippen MR) is 78.9 cm³/mol. The van der Waals surface area contributed by atoms with Crippen LogP contribution >= 0.6 is 0 Å². The SMILES string of the molecule is O=C(Oc1cnccn1)c1ccc(-c2ccccc2)cc1. The van der Waals surface area contributed by atoms with Crippen LogP contribution in [-0.2, 0) is 0 Å². The van der Waals surface area contributed by atoms with Gasteiger partial charge in [-0.1, -0.05) is 42.5 Å². The second-order valence-corrected chi connectivity index (χ2v) is 4.38. The van der Waals surface area contributed by atoms with E-state index >= 15 is 0 Å². The monoisotopic (exact) mass is 276 g/mol. The van der Waals surface area contributed by atoms with Crippen LogP contribution in [0.4, 0.5) is 0 Å². The Morgan fingerprint density at radius 3 is 2.24 bits per heavy atom. The first kappa shape index (κ1) is 13.0. The standard InChI is InChI=1S/C17H12N2O2/c20-17(21-16-12-18-10-11-19-16)15-8-6-14(7-9-15)13-4-2-1-3-5-13/h1-12H. The molecule has 1 aromatic heterocycles. The molecule has 0 aliphatic heterocycles. The van der Waals surface area contributed by atoms with E-state index < -0.39 is 5.97 Å². The van der Waals surface area contributed by atoms with E-state index in [1.165, 1.54) is 18.6 Å². The number of nitrogens with zero attached hydrogens (tertiary/aromatic N) is 2. The van der Waals surface area contributed by atoms with Gasteiger partial charge in [-0.05, 0) is 23.3 Å². The summed E-state index contributed by atoms with van der Waals surface area (Å²) in [7, 11) is 0. The molecule has 0 aliphatic carbocycles. The van der Waals surface area contributed by atoms with Crippen molar-refractivity contribution in [3.8, 4) is 17.0 Å².